The number of carboxylic acid groups (broad SMARTS) is 1. The molecule has 1 aromatic heterocycles. The summed E-state index contributed by atoms with van der Waals surface area (Å²) in [6.07, 6.45) is 0. The Hall–Kier alpha value is -1.33. The van der Waals surface area contributed by atoms with Crippen LogP contribution in [0.3, 0.4) is 0 Å². The summed E-state index contributed by atoms with van der Waals surface area (Å²) in [4.78, 5) is 17.2. The summed E-state index contributed by atoms with van der Waals surface area (Å²) in [5.74, 6) is -0.136. The normalized spacial score (nSPS) is 12.8. The predicted octanol–water partition coefficient (Wildman–Crippen LogP) is 2.43. The van der Waals surface area contributed by atoms with E-state index >= 15 is 0 Å². The second-order valence-electron chi connectivity index (χ2n) is 5.13. The molecule has 0 aliphatic rings. The van der Waals surface area contributed by atoms with Crippen molar-refractivity contribution in [2.75, 3.05) is 26.0 Å². The van der Waals surface area contributed by atoms with Crippen LogP contribution in [0.2, 0.25) is 5.15 Å². The number of aromatic carboxylic acids is 1. The van der Waals surface area contributed by atoms with Crippen molar-refractivity contribution in [3.63, 3.8) is 0 Å². The van der Waals surface area contributed by atoms with Crippen molar-refractivity contribution in [3.8, 4) is 0 Å². The molecule has 2 N–H and O–H groups in total. The van der Waals surface area contributed by atoms with E-state index in [1.165, 1.54) is 12.1 Å². The van der Waals surface area contributed by atoms with E-state index in [-0.39, 0.29) is 16.8 Å². The van der Waals surface area contributed by atoms with Crippen molar-refractivity contribution < 1.29 is 9.90 Å². The lowest BCUT2D eigenvalue weighted by molar-refractivity contribution is 0.0697. The molecule has 106 valence electrons. The largest absolute Gasteiger partial charge is 0.478 e. The number of carbonyl (C=O) groups is 1. The highest BCUT2D eigenvalue weighted by Crippen LogP contribution is 2.17. The van der Waals surface area contributed by atoms with Gasteiger partial charge < -0.3 is 15.3 Å². The van der Waals surface area contributed by atoms with Crippen molar-refractivity contribution in [1.82, 2.24) is 9.88 Å². The van der Waals surface area contributed by atoms with E-state index in [4.69, 9.17) is 16.7 Å². The van der Waals surface area contributed by atoms with Gasteiger partial charge in [-0.3, -0.25) is 0 Å². The molecule has 1 atom stereocenters. The molecule has 0 saturated heterocycles. The molecule has 5 nitrogen and oxygen atoms in total. The summed E-state index contributed by atoms with van der Waals surface area (Å²) in [7, 11) is 3.98. The number of pyridine rings is 1. The van der Waals surface area contributed by atoms with E-state index < -0.39 is 5.97 Å². The van der Waals surface area contributed by atoms with Gasteiger partial charge in [0.15, 0.2) is 0 Å². The van der Waals surface area contributed by atoms with Gasteiger partial charge in [0.05, 0.1) is 5.56 Å². The quantitative estimate of drug-likeness (QED) is 0.786. The van der Waals surface area contributed by atoms with Crippen molar-refractivity contribution in [2.45, 2.75) is 19.9 Å². The zero-order valence-electron chi connectivity index (χ0n) is 11.6. The van der Waals surface area contributed by atoms with Gasteiger partial charge in [-0.25, -0.2) is 9.78 Å². The highest BCUT2D eigenvalue weighted by atomic mass is 35.5. The van der Waals surface area contributed by atoms with Crippen LogP contribution in [0.5, 0.6) is 0 Å². The number of hydrogen-bond donors (Lipinski definition) is 2. The smallest absolute Gasteiger partial charge is 0.335 e. The van der Waals surface area contributed by atoms with Crippen LogP contribution in [0.1, 0.15) is 24.2 Å². The van der Waals surface area contributed by atoms with Gasteiger partial charge in [0.1, 0.15) is 11.0 Å². The molecule has 1 heterocycles. The van der Waals surface area contributed by atoms with E-state index in [9.17, 15) is 4.79 Å². The third-order valence-electron chi connectivity index (χ3n) is 2.74. The molecule has 1 unspecified atom stereocenters. The number of nitrogens with zero attached hydrogens (tertiary/aromatic N) is 2. The molecule has 0 saturated carbocycles. The van der Waals surface area contributed by atoms with Crippen LogP contribution in [0, 0.1) is 5.92 Å². The summed E-state index contributed by atoms with van der Waals surface area (Å²) >= 11 is 5.84. The number of nitrogens with one attached hydrogen (secondary N) is 1. The highest BCUT2D eigenvalue weighted by molar-refractivity contribution is 6.29. The van der Waals surface area contributed by atoms with Gasteiger partial charge in [0.2, 0.25) is 0 Å². The summed E-state index contributed by atoms with van der Waals surface area (Å²) < 4.78 is 0. The lowest BCUT2D eigenvalue weighted by atomic mass is 10.0. The Balaban J connectivity index is 2.92. The van der Waals surface area contributed by atoms with Gasteiger partial charge in [-0.15, -0.1) is 0 Å². The molecule has 1 rings (SSSR count). The minimum atomic E-state index is -1.01. The Labute approximate surface area is 118 Å². The number of likely N-dealkylation sites (N-methyl/N-ethyl adjacent to an activating group) is 1. The number of carboxylic acids is 1. The molecular formula is C13H20ClN3O2. The maximum absolute atomic E-state index is 11.0. The number of halogens is 1. The van der Waals surface area contributed by atoms with Crippen LogP contribution in [0.15, 0.2) is 12.1 Å². The van der Waals surface area contributed by atoms with Crippen LogP contribution in [0.4, 0.5) is 5.82 Å². The van der Waals surface area contributed by atoms with Crippen LogP contribution >= 0.6 is 11.6 Å². The molecule has 0 bridgehead atoms. The van der Waals surface area contributed by atoms with E-state index in [2.05, 4.69) is 29.0 Å². The molecule has 19 heavy (non-hydrogen) atoms. The summed E-state index contributed by atoms with van der Waals surface area (Å²) in [5, 5.41) is 12.4. The maximum atomic E-state index is 11.0. The molecule has 0 aliphatic heterocycles. The minimum absolute atomic E-state index is 0.134. The van der Waals surface area contributed by atoms with Crippen molar-refractivity contribution in [1.29, 1.82) is 0 Å². The third-order valence-corrected chi connectivity index (χ3v) is 2.93. The molecular weight excluding hydrogens is 266 g/mol. The summed E-state index contributed by atoms with van der Waals surface area (Å²) in [5.41, 5.74) is 0.134. The molecule has 0 spiro atoms. The Bertz CT molecular complexity index is 450. The van der Waals surface area contributed by atoms with Gasteiger partial charge in [0, 0.05) is 12.6 Å². The monoisotopic (exact) mass is 285 g/mol. The number of hydrogen-bond acceptors (Lipinski definition) is 4. The second kappa shape index (κ2) is 6.73. The minimum Gasteiger partial charge on any atom is -0.478 e. The van der Waals surface area contributed by atoms with E-state index in [0.717, 1.165) is 6.54 Å². The summed E-state index contributed by atoms with van der Waals surface area (Å²) in [6, 6.07) is 3.01. The number of aromatic nitrogens is 1. The Kier molecular flexibility index (Phi) is 5.57. The first kappa shape index (κ1) is 15.7. The Morgan fingerprint density at radius 3 is 2.58 bits per heavy atom. The number of rotatable bonds is 6. The average Bonchev–Trinajstić information content (AvgIpc) is 2.26. The van der Waals surface area contributed by atoms with E-state index in [1.54, 1.807) is 0 Å². The highest BCUT2D eigenvalue weighted by Gasteiger charge is 2.16. The fraction of sp³-hybridized carbons (Fsp3) is 0.538. The maximum Gasteiger partial charge on any atom is 0.335 e. The first-order valence-corrected chi connectivity index (χ1v) is 6.49. The van der Waals surface area contributed by atoms with Crippen molar-refractivity contribution in [2.24, 2.45) is 5.92 Å². The van der Waals surface area contributed by atoms with Gasteiger partial charge in [-0.2, -0.15) is 0 Å². The number of anilines is 1. The fourth-order valence-electron chi connectivity index (χ4n) is 1.70. The molecule has 1 aromatic rings. The zero-order valence-corrected chi connectivity index (χ0v) is 12.4. The van der Waals surface area contributed by atoms with Gasteiger partial charge in [0.25, 0.3) is 0 Å². The van der Waals surface area contributed by atoms with Crippen molar-refractivity contribution in [3.05, 3.63) is 22.8 Å². The third kappa shape index (κ3) is 5.04. The van der Waals surface area contributed by atoms with Crippen LogP contribution < -0.4 is 5.32 Å². The Morgan fingerprint density at radius 1 is 1.47 bits per heavy atom. The SMILES string of the molecule is CC(C)C(CN(C)C)Nc1cc(C(=O)O)cc(Cl)n1. The zero-order chi connectivity index (χ0) is 14.6. The topological polar surface area (TPSA) is 65.5 Å². The molecule has 6 heteroatoms. The lowest BCUT2D eigenvalue weighted by Gasteiger charge is -2.26. The Morgan fingerprint density at radius 2 is 2.11 bits per heavy atom. The van der Waals surface area contributed by atoms with E-state index in [1.807, 2.05) is 14.1 Å². The summed E-state index contributed by atoms with van der Waals surface area (Å²) in [6.45, 7) is 5.03. The van der Waals surface area contributed by atoms with Crippen LogP contribution in [0.25, 0.3) is 0 Å². The predicted molar refractivity (Wildman–Crippen MR) is 77.0 cm³/mol. The molecule has 0 aliphatic carbocycles. The van der Waals surface area contributed by atoms with Gasteiger partial charge in [-0.05, 0) is 32.1 Å². The molecule has 0 radical (unpaired) electrons. The average molecular weight is 286 g/mol. The van der Waals surface area contributed by atoms with Crippen LogP contribution in [-0.2, 0) is 0 Å². The van der Waals surface area contributed by atoms with E-state index in [0.29, 0.717) is 11.7 Å². The molecule has 0 amide bonds. The van der Waals surface area contributed by atoms with Gasteiger partial charge in [-0.1, -0.05) is 25.4 Å². The first-order chi connectivity index (χ1) is 8.79. The first-order valence-electron chi connectivity index (χ1n) is 6.11. The standard InChI is InChI=1S/C13H20ClN3O2/c1-8(2)10(7-17(3)4)15-12-6-9(13(18)19)5-11(14)16-12/h5-6,8,10H,7H2,1-4H3,(H,15,16)(H,18,19). The molecule has 0 fully saturated rings. The van der Waals surface area contributed by atoms with Gasteiger partial charge >= 0.3 is 5.97 Å². The fourth-order valence-corrected chi connectivity index (χ4v) is 1.91. The van der Waals surface area contributed by atoms with Crippen LogP contribution in [-0.4, -0.2) is 47.6 Å². The van der Waals surface area contributed by atoms with Crippen molar-refractivity contribution >= 4 is 23.4 Å². The second-order valence-corrected chi connectivity index (χ2v) is 5.51. The lowest BCUT2D eigenvalue weighted by Crippen LogP contribution is -2.36. The molecule has 0 aromatic carbocycles.